The third-order valence-corrected chi connectivity index (χ3v) is 4.73. The molecular weight excluding hydrogens is 270 g/mol. The van der Waals surface area contributed by atoms with Crippen LogP contribution in [0.1, 0.15) is 33.0 Å². The maximum Gasteiger partial charge on any atom is 0.345 e. The van der Waals surface area contributed by atoms with Gasteiger partial charge in [0.15, 0.2) is 0 Å². The number of fused-ring (bicyclic) bond motifs is 1. The third-order valence-electron chi connectivity index (χ3n) is 3.68. The number of carbonyl (C=O) groups is 1. The monoisotopic (exact) mass is 287 g/mol. The highest BCUT2D eigenvalue weighted by Gasteiger charge is 2.16. The average molecular weight is 287 g/mol. The van der Waals surface area contributed by atoms with Gasteiger partial charge in [-0.05, 0) is 43.0 Å². The number of hydrogen-bond donors (Lipinski definition) is 1. The molecule has 104 valence electrons. The van der Waals surface area contributed by atoms with Crippen LogP contribution in [0.2, 0.25) is 0 Å². The van der Waals surface area contributed by atoms with Crippen LogP contribution in [0.5, 0.6) is 0 Å². The second kappa shape index (κ2) is 5.67. The standard InChI is InChI=1S/C16H17NO2S/c18-16(19)15-9-8-13(20-15)11-17-10-4-3-6-12-5-1-2-7-14(12)17/h1-2,5,7-9H,3-4,6,10-11H2,(H,18,19). The number of carboxylic acids is 1. The minimum Gasteiger partial charge on any atom is -0.477 e. The number of aromatic carboxylic acids is 1. The lowest BCUT2D eigenvalue weighted by atomic mass is 10.1. The Kier molecular flexibility index (Phi) is 3.74. The molecule has 0 atom stereocenters. The highest BCUT2D eigenvalue weighted by molar-refractivity contribution is 7.13. The maximum atomic E-state index is 11.0. The summed E-state index contributed by atoms with van der Waals surface area (Å²) in [5.74, 6) is -0.836. The Hall–Kier alpha value is -1.81. The normalized spacial score (nSPS) is 14.7. The van der Waals surface area contributed by atoms with Gasteiger partial charge in [0, 0.05) is 17.1 Å². The van der Waals surface area contributed by atoms with Crippen molar-refractivity contribution in [1.29, 1.82) is 0 Å². The molecule has 3 nitrogen and oxygen atoms in total. The van der Waals surface area contributed by atoms with Gasteiger partial charge in [-0.2, -0.15) is 0 Å². The molecule has 1 aliphatic heterocycles. The molecule has 1 N–H and O–H groups in total. The summed E-state index contributed by atoms with van der Waals surface area (Å²) in [4.78, 5) is 14.9. The number of thiophene rings is 1. The quantitative estimate of drug-likeness (QED) is 0.933. The first kappa shape index (κ1) is 13.2. The van der Waals surface area contributed by atoms with Crippen molar-refractivity contribution >= 4 is 23.0 Å². The number of nitrogens with zero attached hydrogens (tertiary/aromatic N) is 1. The number of benzene rings is 1. The van der Waals surface area contributed by atoms with Crippen LogP contribution in [0.4, 0.5) is 5.69 Å². The Morgan fingerprint density at radius 2 is 2.05 bits per heavy atom. The molecule has 1 aromatic heterocycles. The Balaban J connectivity index is 1.84. The second-order valence-corrected chi connectivity index (χ2v) is 6.25. The summed E-state index contributed by atoms with van der Waals surface area (Å²) < 4.78 is 0. The SMILES string of the molecule is O=C(O)c1ccc(CN2CCCCc3ccccc32)s1. The van der Waals surface area contributed by atoms with E-state index < -0.39 is 5.97 Å². The van der Waals surface area contributed by atoms with E-state index in [4.69, 9.17) is 5.11 Å². The number of hydrogen-bond acceptors (Lipinski definition) is 3. The lowest BCUT2D eigenvalue weighted by molar-refractivity contribution is 0.0702. The van der Waals surface area contributed by atoms with Gasteiger partial charge in [0.1, 0.15) is 4.88 Å². The Bertz CT molecular complexity index is 620. The van der Waals surface area contributed by atoms with Gasteiger partial charge >= 0.3 is 5.97 Å². The van der Waals surface area contributed by atoms with Crippen LogP contribution in [0.3, 0.4) is 0 Å². The fourth-order valence-corrected chi connectivity index (χ4v) is 3.56. The van der Waals surface area contributed by atoms with E-state index in [1.54, 1.807) is 6.07 Å². The molecule has 3 rings (SSSR count). The van der Waals surface area contributed by atoms with E-state index in [-0.39, 0.29) is 0 Å². The minimum absolute atomic E-state index is 0.420. The van der Waals surface area contributed by atoms with E-state index in [0.29, 0.717) is 4.88 Å². The van der Waals surface area contributed by atoms with Crippen LogP contribution in [-0.4, -0.2) is 17.6 Å². The van der Waals surface area contributed by atoms with Crippen LogP contribution >= 0.6 is 11.3 Å². The first-order chi connectivity index (χ1) is 9.74. The predicted molar refractivity (Wildman–Crippen MR) is 81.7 cm³/mol. The van der Waals surface area contributed by atoms with Crippen molar-refractivity contribution in [3.05, 3.63) is 51.7 Å². The molecule has 1 aliphatic rings. The second-order valence-electron chi connectivity index (χ2n) is 5.08. The largest absolute Gasteiger partial charge is 0.477 e. The molecule has 0 radical (unpaired) electrons. The van der Waals surface area contributed by atoms with Crippen molar-refractivity contribution in [3.63, 3.8) is 0 Å². The van der Waals surface area contributed by atoms with Gasteiger partial charge in [-0.15, -0.1) is 11.3 Å². The highest BCUT2D eigenvalue weighted by Crippen LogP contribution is 2.29. The van der Waals surface area contributed by atoms with E-state index >= 15 is 0 Å². The van der Waals surface area contributed by atoms with Gasteiger partial charge in [-0.25, -0.2) is 4.79 Å². The maximum absolute atomic E-state index is 11.0. The smallest absolute Gasteiger partial charge is 0.345 e. The van der Waals surface area contributed by atoms with Gasteiger partial charge in [0.25, 0.3) is 0 Å². The Morgan fingerprint density at radius 1 is 1.20 bits per heavy atom. The zero-order valence-corrected chi connectivity index (χ0v) is 12.0. The molecule has 0 amide bonds. The molecule has 1 aromatic carbocycles. The van der Waals surface area contributed by atoms with E-state index in [9.17, 15) is 4.79 Å². The van der Waals surface area contributed by atoms with Gasteiger partial charge in [-0.3, -0.25) is 0 Å². The van der Waals surface area contributed by atoms with Crippen molar-refractivity contribution in [1.82, 2.24) is 0 Å². The van der Waals surface area contributed by atoms with E-state index in [1.807, 2.05) is 6.07 Å². The first-order valence-electron chi connectivity index (χ1n) is 6.89. The molecule has 0 fully saturated rings. The topological polar surface area (TPSA) is 40.5 Å². The molecular formula is C16H17NO2S. The van der Waals surface area contributed by atoms with Crippen molar-refractivity contribution in [3.8, 4) is 0 Å². The number of aryl methyl sites for hydroxylation is 1. The number of para-hydroxylation sites is 1. The van der Waals surface area contributed by atoms with Crippen molar-refractivity contribution < 1.29 is 9.90 Å². The fourth-order valence-electron chi connectivity index (χ4n) is 2.70. The van der Waals surface area contributed by atoms with E-state index in [2.05, 4.69) is 29.2 Å². The molecule has 0 saturated heterocycles. The fraction of sp³-hybridized carbons (Fsp3) is 0.312. The third kappa shape index (κ3) is 2.70. The van der Waals surface area contributed by atoms with Crippen LogP contribution in [-0.2, 0) is 13.0 Å². The van der Waals surface area contributed by atoms with E-state index in [0.717, 1.165) is 24.4 Å². The predicted octanol–water partition coefficient (Wildman–Crippen LogP) is 3.79. The lowest BCUT2D eigenvalue weighted by Crippen LogP contribution is -2.22. The molecule has 20 heavy (non-hydrogen) atoms. The molecule has 2 heterocycles. The Morgan fingerprint density at radius 3 is 2.85 bits per heavy atom. The van der Waals surface area contributed by atoms with Crippen molar-refractivity contribution in [2.75, 3.05) is 11.4 Å². The summed E-state index contributed by atoms with van der Waals surface area (Å²) in [6, 6.07) is 12.2. The molecule has 4 heteroatoms. The lowest BCUT2D eigenvalue weighted by Gasteiger charge is -2.24. The zero-order valence-electron chi connectivity index (χ0n) is 11.2. The van der Waals surface area contributed by atoms with Crippen LogP contribution < -0.4 is 4.90 Å². The molecule has 2 aromatic rings. The zero-order chi connectivity index (χ0) is 13.9. The Labute approximate surface area is 122 Å². The van der Waals surface area contributed by atoms with Crippen LogP contribution in [0.15, 0.2) is 36.4 Å². The van der Waals surface area contributed by atoms with Gasteiger partial charge in [0.05, 0.1) is 6.54 Å². The number of carboxylic acid groups (broad SMARTS) is 1. The summed E-state index contributed by atoms with van der Waals surface area (Å²) in [5, 5.41) is 9.00. The molecule has 0 unspecified atom stereocenters. The first-order valence-corrected chi connectivity index (χ1v) is 7.70. The summed E-state index contributed by atoms with van der Waals surface area (Å²) in [5.41, 5.74) is 2.70. The van der Waals surface area contributed by atoms with Gasteiger partial charge in [0.2, 0.25) is 0 Å². The van der Waals surface area contributed by atoms with E-state index in [1.165, 1.54) is 35.4 Å². The van der Waals surface area contributed by atoms with Gasteiger partial charge < -0.3 is 10.0 Å². The molecule has 0 spiro atoms. The summed E-state index contributed by atoms with van der Waals surface area (Å²) in [6.45, 7) is 1.84. The molecule has 0 saturated carbocycles. The average Bonchev–Trinajstić information content (AvgIpc) is 2.82. The highest BCUT2D eigenvalue weighted by atomic mass is 32.1. The summed E-state index contributed by atoms with van der Waals surface area (Å²) in [6.07, 6.45) is 3.54. The van der Waals surface area contributed by atoms with Crippen molar-refractivity contribution in [2.24, 2.45) is 0 Å². The van der Waals surface area contributed by atoms with Crippen molar-refractivity contribution in [2.45, 2.75) is 25.8 Å². The molecule has 0 bridgehead atoms. The summed E-state index contributed by atoms with van der Waals surface area (Å²) >= 11 is 1.37. The minimum atomic E-state index is -0.836. The molecule has 0 aliphatic carbocycles. The van der Waals surface area contributed by atoms with Crippen LogP contribution in [0, 0.1) is 0 Å². The number of anilines is 1. The van der Waals surface area contributed by atoms with Gasteiger partial charge in [-0.1, -0.05) is 18.2 Å². The number of rotatable bonds is 3. The summed E-state index contributed by atoms with van der Waals surface area (Å²) in [7, 11) is 0. The van der Waals surface area contributed by atoms with Crippen LogP contribution in [0.25, 0.3) is 0 Å².